The van der Waals surface area contributed by atoms with E-state index in [0.29, 0.717) is 10.8 Å². The standard InChI is InChI=1S/C19H19ClFNO5S2/c1-28-11-10-17(22-29(25,26)16-8-4-14(20)5-9-16)19(24)27-12-18(23)13-2-6-15(21)7-3-13/h2-9,17,22H,10-12H2,1H3/t17-/m0/s1. The lowest BCUT2D eigenvalue weighted by Gasteiger charge is -2.17. The number of carbonyl (C=O) groups is 2. The van der Waals surface area contributed by atoms with Crippen molar-refractivity contribution < 1.29 is 27.1 Å². The van der Waals surface area contributed by atoms with Gasteiger partial charge < -0.3 is 4.74 Å². The molecule has 1 atom stereocenters. The number of Topliss-reactive ketones (excluding diaryl/α,β-unsaturated/α-hetero) is 1. The molecular weight excluding hydrogens is 441 g/mol. The second kappa shape index (κ2) is 10.7. The molecule has 0 bridgehead atoms. The first kappa shape index (κ1) is 23.3. The highest BCUT2D eigenvalue weighted by Gasteiger charge is 2.27. The molecular formula is C19H19ClFNO5S2. The first-order chi connectivity index (χ1) is 13.7. The number of sulfonamides is 1. The molecule has 0 unspecified atom stereocenters. The lowest BCUT2D eigenvalue weighted by Crippen LogP contribution is -2.42. The van der Waals surface area contributed by atoms with Crippen LogP contribution in [0.3, 0.4) is 0 Å². The number of hydrogen-bond donors (Lipinski definition) is 1. The molecule has 0 heterocycles. The average molecular weight is 460 g/mol. The third-order valence-electron chi connectivity index (χ3n) is 3.83. The summed E-state index contributed by atoms with van der Waals surface area (Å²) in [6.07, 6.45) is 1.99. The second-order valence-corrected chi connectivity index (χ2v) is 9.08. The van der Waals surface area contributed by atoms with Crippen molar-refractivity contribution in [3.05, 3.63) is 64.9 Å². The van der Waals surface area contributed by atoms with Gasteiger partial charge in [0.1, 0.15) is 11.9 Å². The Labute approximate surface area is 177 Å². The van der Waals surface area contributed by atoms with Crippen LogP contribution < -0.4 is 4.72 Å². The van der Waals surface area contributed by atoms with Crippen LogP contribution in [-0.4, -0.2) is 44.8 Å². The maximum atomic E-state index is 12.9. The van der Waals surface area contributed by atoms with Gasteiger partial charge in [-0.25, -0.2) is 12.8 Å². The van der Waals surface area contributed by atoms with E-state index in [-0.39, 0.29) is 16.9 Å². The monoisotopic (exact) mass is 459 g/mol. The van der Waals surface area contributed by atoms with Gasteiger partial charge >= 0.3 is 5.97 Å². The normalized spacial score (nSPS) is 12.4. The summed E-state index contributed by atoms with van der Waals surface area (Å²) in [6.45, 7) is -0.580. The van der Waals surface area contributed by atoms with Crippen LogP contribution in [0.25, 0.3) is 0 Å². The lowest BCUT2D eigenvalue weighted by molar-refractivity contribution is -0.144. The van der Waals surface area contributed by atoms with E-state index in [4.69, 9.17) is 16.3 Å². The molecule has 6 nitrogen and oxygen atoms in total. The van der Waals surface area contributed by atoms with Crippen LogP contribution in [0.1, 0.15) is 16.8 Å². The van der Waals surface area contributed by atoms with Crippen molar-refractivity contribution in [1.82, 2.24) is 4.72 Å². The fourth-order valence-electron chi connectivity index (χ4n) is 2.29. The van der Waals surface area contributed by atoms with Gasteiger partial charge in [0, 0.05) is 10.6 Å². The number of ketones is 1. The Morgan fingerprint density at radius 1 is 1.14 bits per heavy atom. The number of ether oxygens (including phenoxy) is 1. The smallest absolute Gasteiger partial charge is 0.324 e. The zero-order chi connectivity index (χ0) is 21.4. The maximum Gasteiger partial charge on any atom is 0.324 e. The van der Waals surface area contributed by atoms with Crippen molar-refractivity contribution in [2.24, 2.45) is 0 Å². The first-order valence-corrected chi connectivity index (χ1v) is 11.7. The highest BCUT2D eigenvalue weighted by atomic mass is 35.5. The highest BCUT2D eigenvalue weighted by Crippen LogP contribution is 2.15. The molecule has 1 N–H and O–H groups in total. The molecule has 2 rings (SSSR count). The van der Waals surface area contributed by atoms with Crippen molar-refractivity contribution >= 4 is 45.1 Å². The minimum Gasteiger partial charge on any atom is -0.456 e. The zero-order valence-electron chi connectivity index (χ0n) is 15.4. The zero-order valence-corrected chi connectivity index (χ0v) is 17.8. The molecule has 0 aromatic heterocycles. The summed E-state index contributed by atoms with van der Waals surface area (Å²) in [5.41, 5.74) is 0.182. The fourth-order valence-corrected chi connectivity index (χ4v) is 4.10. The van der Waals surface area contributed by atoms with Gasteiger partial charge in [0.05, 0.1) is 4.90 Å². The van der Waals surface area contributed by atoms with Crippen molar-refractivity contribution in [2.45, 2.75) is 17.4 Å². The van der Waals surface area contributed by atoms with Gasteiger partial charge in [0.15, 0.2) is 12.4 Å². The van der Waals surface area contributed by atoms with E-state index in [1.807, 2.05) is 6.26 Å². The quantitative estimate of drug-likeness (QED) is 0.433. The molecule has 2 aromatic carbocycles. The molecule has 0 aliphatic carbocycles. The summed E-state index contributed by atoms with van der Waals surface area (Å²) < 4.78 is 45.3. The summed E-state index contributed by atoms with van der Waals surface area (Å²) >= 11 is 7.20. The Bertz CT molecular complexity index is 950. The van der Waals surface area contributed by atoms with Gasteiger partial charge in [0.2, 0.25) is 10.0 Å². The molecule has 156 valence electrons. The van der Waals surface area contributed by atoms with E-state index in [1.54, 1.807) is 0 Å². The summed E-state index contributed by atoms with van der Waals surface area (Å²) in [6, 6.07) is 9.12. The molecule has 0 aliphatic heterocycles. The van der Waals surface area contributed by atoms with Crippen LogP contribution in [0, 0.1) is 5.82 Å². The van der Waals surface area contributed by atoms with Crippen LogP contribution in [0.5, 0.6) is 0 Å². The highest BCUT2D eigenvalue weighted by molar-refractivity contribution is 7.98. The minimum absolute atomic E-state index is 0.0498. The Morgan fingerprint density at radius 2 is 1.76 bits per heavy atom. The van der Waals surface area contributed by atoms with Crippen LogP contribution >= 0.6 is 23.4 Å². The van der Waals surface area contributed by atoms with E-state index in [1.165, 1.54) is 48.2 Å². The van der Waals surface area contributed by atoms with E-state index in [9.17, 15) is 22.4 Å². The lowest BCUT2D eigenvalue weighted by atomic mass is 10.1. The third kappa shape index (κ3) is 7.11. The molecule has 29 heavy (non-hydrogen) atoms. The average Bonchev–Trinajstić information content (AvgIpc) is 2.69. The van der Waals surface area contributed by atoms with Gasteiger partial charge in [-0.05, 0) is 67.0 Å². The van der Waals surface area contributed by atoms with Crippen molar-refractivity contribution in [3.63, 3.8) is 0 Å². The van der Waals surface area contributed by atoms with Gasteiger partial charge in [0.25, 0.3) is 0 Å². The summed E-state index contributed by atoms with van der Waals surface area (Å²) in [7, 11) is -3.99. The molecule has 0 amide bonds. The minimum atomic E-state index is -3.99. The van der Waals surface area contributed by atoms with Crippen molar-refractivity contribution in [1.29, 1.82) is 0 Å². The van der Waals surface area contributed by atoms with Crippen molar-refractivity contribution in [2.75, 3.05) is 18.6 Å². The summed E-state index contributed by atoms with van der Waals surface area (Å²) in [4.78, 5) is 24.4. The number of thioether (sulfide) groups is 1. The largest absolute Gasteiger partial charge is 0.456 e. The van der Waals surface area contributed by atoms with Crippen LogP contribution in [-0.2, 0) is 19.6 Å². The van der Waals surface area contributed by atoms with Crippen LogP contribution in [0.2, 0.25) is 5.02 Å². The molecule has 0 saturated heterocycles. The van der Waals surface area contributed by atoms with Gasteiger partial charge in [-0.2, -0.15) is 16.5 Å². The topological polar surface area (TPSA) is 89.5 Å². The van der Waals surface area contributed by atoms with Crippen molar-refractivity contribution in [3.8, 4) is 0 Å². The predicted molar refractivity (Wildman–Crippen MR) is 110 cm³/mol. The van der Waals surface area contributed by atoms with Crippen LogP contribution in [0.15, 0.2) is 53.4 Å². The van der Waals surface area contributed by atoms with E-state index in [0.717, 1.165) is 12.1 Å². The number of esters is 1. The Morgan fingerprint density at radius 3 is 2.34 bits per heavy atom. The third-order valence-corrected chi connectivity index (χ3v) is 6.21. The summed E-state index contributed by atoms with van der Waals surface area (Å²) in [5.74, 6) is -1.39. The number of benzene rings is 2. The van der Waals surface area contributed by atoms with Gasteiger partial charge in [-0.15, -0.1) is 0 Å². The maximum absolute atomic E-state index is 12.9. The number of nitrogens with one attached hydrogen (secondary N) is 1. The number of hydrogen-bond acceptors (Lipinski definition) is 6. The first-order valence-electron chi connectivity index (χ1n) is 8.45. The molecule has 0 fully saturated rings. The van der Waals surface area contributed by atoms with E-state index >= 15 is 0 Å². The van der Waals surface area contributed by atoms with Crippen LogP contribution in [0.4, 0.5) is 4.39 Å². The second-order valence-electron chi connectivity index (χ2n) is 5.95. The summed E-state index contributed by atoms with van der Waals surface area (Å²) in [5, 5.41) is 0.376. The SMILES string of the molecule is CSCC[C@H](NS(=O)(=O)c1ccc(Cl)cc1)C(=O)OCC(=O)c1ccc(F)cc1. The Kier molecular flexibility index (Phi) is 8.63. The molecule has 0 spiro atoms. The Balaban J connectivity index is 2.06. The Hall–Kier alpha value is -1.94. The predicted octanol–water partition coefficient (Wildman–Crippen LogP) is 3.31. The van der Waals surface area contributed by atoms with Gasteiger partial charge in [-0.3, -0.25) is 9.59 Å². The molecule has 0 aliphatic rings. The van der Waals surface area contributed by atoms with E-state index < -0.39 is 40.2 Å². The molecule has 2 aromatic rings. The fraction of sp³-hybridized carbons (Fsp3) is 0.263. The number of carbonyl (C=O) groups excluding carboxylic acids is 2. The number of rotatable bonds is 10. The number of halogens is 2. The van der Waals surface area contributed by atoms with E-state index in [2.05, 4.69) is 4.72 Å². The molecule has 0 saturated carbocycles. The van der Waals surface area contributed by atoms with Gasteiger partial charge in [-0.1, -0.05) is 11.6 Å². The molecule has 0 radical (unpaired) electrons. The molecule has 10 heteroatoms.